The fourth-order valence-corrected chi connectivity index (χ4v) is 3.48. The Morgan fingerprint density at radius 3 is 2.61 bits per heavy atom. The first-order valence-electron chi connectivity index (χ1n) is 8.77. The molecule has 2 fully saturated rings. The summed E-state index contributed by atoms with van der Waals surface area (Å²) < 4.78 is 5.31. The lowest BCUT2D eigenvalue weighted by molar-refractivity contribution is 0.0903. The minimum Gasteiger partial charge on any atom is -0.360 e. The van der Waals surface area contributed by atoms with E-state index in [0.29, 0.717) is 23.6 Å². The first-order chi connectivity index (χ1) is 10.8. The second-order valence-electron chi connectivity index (χ2n) is 8.49. The summed E-state index contributed by atoms with van der Waals surface area (Å²) in [5.41, 5.74) is 0.576. The molecule has 128 valence electrons. The van der Waals surface area contributed by atoms with E-state index in [-0.39, 0.29) is 17.4 Å². The standard InChI is InChI=1S/C18H29N3O2/c1-11(2)21-9-13(18(3,4)5)15(10-21)19-17(22)14-8-16(23-20-14)12-6-7-12/h8,11-13,15H,6-7,9-10H2,1-5H3,(H,19,22)/t13-,15-/m0/s1. The van der Waals surface area contributed by atoms with E-state index in [1.165, 1.54) is 0 Å². The second-order valence-corrected chi connectivity index (χ2v) is 8.49. The van der Waals surface area contributed by atoms with Crippen molar-refractivity contribution in [2.45, 2.75) is 65.5 Å². The molecule has 1 aromatic heterocycles. The largest absolute Gasteiger partial charge is 0.360 e. The van der Waals surface area contributed by atoms with Crippen molar-refractivity contribution >= 4 is 5.91 Å². The van der Waals surface area contributed by atoms with Crippen molar-refractivity contribution in [2.75, 3.05) is 13.1 Å². The van der Waals surface area contributed by atoms with E-state index in [2.05, 4.69) is 50.0 Å². The lowest BCUT2D eigenvalue weighted by Crippen LogP contribution is -2.44. The van der Waals surface area contributed by atoms with Crippen molar-refractivity contribution in [2.24, 2.45) is 11.3 Å². The van der Waals surface area contributed by atoms with Crippen LogP contribution in [-0.4, -0.2) is 41.1 Å². The van der Waals surface area contributed by atoms with E-state index >= 15 is 0 Å². The first-order valence-corrected chi connectivity index (χ1v) is 8.77. The van der Waals surface area contributed by atoms with Gasteiger partial charge >= 0.3 is 0 Å². The van der Waals surface area contributed by atoms with Crippen LogP contribution in [0.2, 0.25) is 0 Å². The average molecular weight is 319 g/mol. The molecule has 1 N–H and O–H groups in total. The predicted octanol–water partition coefficient (Wildman–Crippen LogP) is 3.04. The van der Waals surface area contributed by atoms with Crippen LogP contribution in [0.4, 0.5) is 0 Å². The molecule has 2 aliphatic rings. The maximum absolute atomic E-state index is 12.6. The number of rotatable bonds is 4. The Balaban J connectivity index is 1.69. The van der Waals surface area contributed by atoms with Gasteiger partial charge in [0.05, 0.1) is 0 Å². The number of aromatic nitrogens is 1. The highest BCUT2D eigenvalue weighted by atomic mass is 16.5. The molecule has 5 heteroatoms. The van der Waals surface area contributed by atoms with Gasteiger partial charge in [-0.05, 0) is 38.0 Å². The summed E-state index contributed by atoms with van der Waals surface area (Å²) in [7, 11) is 0. The Kier molecular flexibility index (Phi) is 4.25. The Hall–Kier alpha value is -1.36. The fraction of sp³-hybridized carbons (Fsp3) is 0.778. The molecule has 0 bridgehead atoms. The van der Waals surface area contributed by atoms with Crippen molar-refractivity contribution < 1.29 is 9.32 Å². The minimum absolute atomic E-state index is 0.106. The molecule has 1 aliphatic carbocycles. The number of hydrogen-bond donors (Lipinski definition) is 1. The van der Waals surface area contributed by atoms with Crippen LogP contribution in [0.1, 0.15) is 69.6 Å². The normalized spacial score (nSPS) is 26.0. The Bertz CT molecular complexity index is 569. The van der Waals surface area contributed by atoms with Crippen molar-refractivity contribution in [1.82, 2.24) is 15.4 Å². The van der Waals surface area contributed by atoms with Gasteiger partial charge in [0.2, 0.25) is 0 Å². The van der Waals surface area contributed by atoms with Crippen molar-refractivity contribution in [3.05, 3.63) is 17.5 Å². The number of nitrogens with zero attached hydrogens (tertiary/aromatic N) is 2. The van der Waals surface area contributed by atoms with Gasteiger partial charge in [0, 0.05) is 37.2 Å². The van der Waals surface area contributed by atoms with Crippen molar-refractivity contribution in [3.63, 3.8) is 0 Å². The summed E-state index contributed by atoms with van der Waals surface area (Å²) in [6.07, 6.45) is 2.29. The molecule has 1 saturated carbocycles. The summed E-state index contributed by atoms with van der Waals surface area (Å²) in [6, 6.07) is 2.47. The average Bonchev–Trinajstić information content (AvgIpc) is 3.01. The third-order valence-electron chi connectivity index (χ3n) is 5.25. The van der Waals surface area contributed by atoms with Gasteiger partial charge in [0.25, 0.3) is 5.91 Å². The van der Waals surface area contributed by atoms with Crippen LogP contribution in [-0.2, 0) is 0 Å². The van der Waals surface area contributed by atoms with Gasteiger partial charge in [-0.1, -0.05) is 25.9 Å². The molecule has 1 saturated heterocycles. The van der Waals surface area contributed by atoms with Gasteiger partial charge in [0.15, 0.2) is 5.69 Å². The van der Waals surface area contributed by atoms with Crippen LogP contribution in [0.5, 0.6) is 0 Å². The first kappa shape index (κ1) is 16.5. The zero-order valence-electron chi connectivity index (χ0n) is 14.9. The van der Waals surface area contributed by atoms with Crippen LogP contribution < -0.4 is 5.32 Å². The Morgan fingerprint density at radius 1 is 1.35 bits per heavy atom. The van der Waals surface area contributed by atoms with Gasteiger partial charge in [-0.2, -0.15) is 0 Å². The van der Waals surface area contributed by atoms with E-state index in [9.17, 15) is 4.79 Å². The number of amides is 1. The maximum Gasteiger partial charge on any atom is 0.273 e. The lowest BCUT2D eigenvalue weighted by Gasteiger charge is -2.31. The molecule has 0 unspecified atom stereocenters. The van der Waals surface area contributed by atoms with E-state index in [1.54, 1.807) is 0 Å². The summed E-state index contributed by atoms with van der Waals surface area (Å²) in [5, 5.41) is 7.17. The molecule has 1 amide bonds. The number of carbonyl (C=O) groups excluding carboxylic acids is 1. The van der Waals surface area contributed by atoms with Gasteiger partial charge < -0.3 is 9.84 Å². The number of hydrogen-bond acceptors (Lipinski definition) is 4. The van der Waals surface area contributed by atoms with Gasteiger partial charge in [-0.15, -0.1) is 0 Å². The summed E-state index contributed by atoms with van der Waals surface area (Å²) >= 11 is 0. The molecule has 0 spiro atoms. The van der Waals surface area contributed by atoms with Crippen molar-refractivity contribution in [1.29, 1.82) is 0 Å². The van der Waals surface area contributed by atoms with Crippen LogP contribution >= 0.6 is 0 Å². The van der Waals surface area contributed by atoms with E-state index < -0.39 is 0 Å². The topological polar surface area (TPSA) is 58.4 Å². The molecule has 5 nitrogen and oxygen atoms in total. The second kappa shape index (κ2) is 5.93. The summed E-state index contributed by atoms with van der Waals surface area (Å²) in [4.78, 5) is 15.0. The van der Waals surface area contributed by atoms with E-state index in [0.717, 1.165) is 31.7 Å². The lowest BCUT2D eigenvalue weighted by atomic mass is 9.78. The predicted molar refractivity (Wildman–Crippen MR) is 89.4 cm³/mol. The Labute approximate surface area is 138 Å². The highest BCUT2D eigenvalue weighted by Gasteiger charge is 2.41. The third-order valence-corrected chi connectivity index (χ3v) is 5.25. The highest BCUT2D eigenvalue weighted by molar-refractivity contribution is 5.92. The smallest absolute Gasteiger partial charge is 0.273 e. The maximum atomic E-state index is 12.6. The highest BCUT2D eigenvalue weighted by Crippen LogP contribution is 2.40. The van der Waals surface area contributed by atoms with Crippen LogP contribution in [0.25, 0.3) is 0 Å². The molecule has 1 aliphatic heterocycles. The minimum atomic E-state index is -0.106. The molecular formula is C18H29N3O2. The van der Waals surface area contributed by atoms with Crippen LogP contribution in [0.15, 0.2) is 10.6 Å². The van der Waals surface area contributed by atoms with Crippen LogP contribution in [0.3, 0.4) is 0 Å². The Morgan fingerprint density at radius 2 is 2.04 bits per heavy atom. The van der Waals surface area contributed by atoms with Crippen LogP contribution in [0, 0.1) is 11.3 Å². The number of likely N-dealkylation sites (tertiary alicyclic amines) is 1. The molecular weight excluding hydrogens is 290 g/mol. The molecule has 3 rings (SSSR count). The monoisotopic (exact) mass is 319 g/mol. The molecule has 2 heterocycles. The third kappa shape index (κ3) is 3.60. The number of nitrogens with one attached hydrogen (secondary N) is 1. The molecule has 2 atom stereocenters. The quantitative estimate of drug-likeness (QED) is 0.927. The van der Waals surface area contributed by atoms with E-state index in [1.807, 2.05) is 6.07 Å². The van der Waals surface area contributed by atoms with E-state index in [4.69, 9.17) is 4.52 Å². The zero-order valence-corrected chi connectivity index (χ0v) is 14.9. The number of carbonyl (C=O) groups is 1. The van der Waals surface area contributed by atoms with Crippen molar-refractivity contribution in [3.8, 4) is 0 Å². The van der Waals surface area contributed by atoms with Gasteiger partial charge in [-0.3, -0.25) is 9.69 Å². The summed E-state index contributed by atoms with van der Waals surface area (Å²) in [6.45, 7) is 13.1. The summed E-state index contributed by atoms with van der Waals surface area (Å²) in [5.74, 6) is 1.67. The molecule has 0 aromatic carbocycles. The van der Waals surface area contributed by atoms with Gasteiger partial charge in [0.1, 0.15) is 5.76 Å². The molecule has 1 aromatic rings. The fourth-order valence-electron chi connectivity index (χ4n) is 3.48. The molecule has 0 radical (unpaired) electrons. The van der Waals surface area contributed by atoms with Gasteiger partial charge in [-0.25, -0.2) is 0 Å². The molecule has 23 heavy (non-hydrogen) atoms. The zero-order chi connectivity index (χ0) is 16.8. The SMILES string of the molecule is CC(C)N1C[C@H](NC(=O)c2cc(C3CC3)on2)[C@@H](C(C)(C)C)C1.